The van der Waals surface area contributed by atoms with Crippen LogP contribution >= 0.6 is 0 Å². The topological polar surface area (TPSA) is 40.5 Å². The smallest absolute Gasteiger partial charge is 0.123 e. The fourth-order valence-corrected chi connectivity index (χ4v) is 3.84. The van der Waals surface area contributed by atoms with Gasteiger partial charge in [-0.2, -0.15) is 0 Å². The van der Waals surface area contributed by atoms with E-state index in [1.165, 1.54) is 11.1 Å². The van der Waals surface area contributed by atoms with Crippen molar-refractivity contribution in [2.45, 2.75) is 119 Å². The molecule has 0 saturated carbocycles. The average Bonchev–Trinajstić information content (AvgIpc) is 2.55. The summed E-state index contributed by atoms with van der Waals surface area (Å²) < 4.78 is 0. The van der Waals surface area contributed by atoms with Crippen molar-refractivity contribution in [2.24, 2.45) is 0 Å². The Balaban J connectivity index is 0.000000602. The van der Waals surface area contributed by atoms with E-state index in [4.69, 9.17) is 0 Å². The van der Waals surface area contributed by atoms with Crippen LogP contribution in [0.1, 0.15) is 116 Å². The van der Waals surface area contributed by atoms with E-state index in [0.29, 0.717) is 11.5 Å². The Kier molecular flexibility index (Phi) is 10.8. The molecule has 0 radical (unpaired) electrons. The number of benzene rings is 2. The molecule has 2 N–H and O–H groups in total. The number of phenolic OH excluding ortho intramolecular Hbond substituents is 2. The van der Waals surface area contributed by atoms with E-state index in [-0.39, 0.29) is 62.0 Å². The molecule has 2 aromatic rings. The van der Waals surface area contributed by atoms with Gasteiger partial charge in [0.15, 0.2) is 0 Å². The van der Waals surface area contributed by atoms with Crippen molar-refractivity contribution >= 4 is 0 Å². The zero-order valence-corrected chi connectivity index (χ0v) is 26.2. The largest absolute Gasteiger partial charge is 0.507 e. The van der Waals surface area contributed by atoms with Crippen molar-refractivity contribution < 1.29 is 50.6 Å². The van der Waals surface area contributed by atoms with Gasteiger partial charge in [-0.05, 0) is 57.8 Å². The second-order valence-corrected chi connectivity index (χ2v) is 13.4. The van der Waals surface area contributed by atoms with Crippen LogP contribution in [0.15, 0.2) is 24.3 Å². The third-order valence-electron chi connectivity index (χ3n) is 5.74. The molecule has 0 saturated heterocycles. The van der Waals surface area contributed by atoms with Crippen molar-refractivity contribution in [1.29, 1.82) is 0 Å². The second kappa shape index (κ2) is 11.0. The van der Waals surface area contributed by atoms with Crippen molar-refractivity contribution in [2.75, 3.05) is 0 Å². The third kappa shape index (κ3) is 8.83. The van der Waals surface area contributed by atoms with Gasteiger partial charge in [0, 0.05) is 40.4 Å². The molecular weight excluding hydrogens is 543 g/mol. The van der Waals surface area contributed by atoms with E-state index in [1.807, 2.05) is 0 Å². The van der Waals surface area contributed by atoms with Crippen LogP contribution in [0, 0.1) is 54.2 Å². The number of phenols is 2. The molecule has 2 nitrogen and oxygen atoms in total. The number of hydrogen-bond donors (Lipinski definition) is 2. The zero-order valence-electron chi connectivity index (χ0n) is 23.6. The molecule has 2 rings (SSSR count). The molecule has 0 unspecified atom stereocenters. The molecule has 0 amide bonds. The van der Waals surface area contributed by atoms with Crippen molar-refractivity contribution in [3.05, 3.63) is 57.6 Å². The summed E-state index contributed by atoms with van der Waals surface area (Å²) in [6.45, 7) is 29.8. The molecule has 0 fully saturated rings. The van der Waals surface area contributed by atoms with Gasteiger partial charge >= 0.3 is 0 Å². The van der Waals surface area contributed by atoms with E-state index in [1.54, 1.807) is 0 Å². The fourth-order valence-electron chi connectivity index (χ4n) is 3.84. The average molecular weight is 591 g/mol. The summed E-state index contributed by atoms with van der Waals surface area (Å²) in [7, 11) is 0. The zero-order chi connectivity index (χ0) is 25.4. The summed E-state index contributed by atoms with van der Waals surface area (Å²) in [6.07, 6.45) is 0. The summed E-state index contributed by atoms with van der Waals surface area (Å²) in [4.78, 5) is 0. The summed E-state index contributed by atoms with van der Waals surface area (Å²) in [5.74, 6) is 0.927. The van der Waals surface area contributed by atoms with Crippen LogP contribution in [-0.2, 0) is 21.7 Å². The van der Waals surface area contributed by atoms with E-state index < -0.39 is 0 Å². The molecule has 3 heteroatoms. The summed E-state index contributed by atoms with van der Waals surface area (Å²) in [5.41, 5.74) is 6.52. The van der Waals surface area contributed by atoms with Gasteiger partial charge in [0.25, 0.3) is 0 Å². The molecule has 33 heavy (non-hydrogen) atoms. The van der Waals surface area contributed by atoms with E-state index >= 15 is 0 Å². The molecule has 0 aliphatic heterocycles. The van der Waals surface area contributed by atoms with Gasteiger partial charge in [-0.15, -0.1) is 0 Å². The van der Waals surface area contributed by atoms with Gasteiger partial charge in [-0.3, -0.25) is 0 Å². The standard InChI is InChI=1S/2C15H24O.Sm/c2*1-10-8-11(14(2,3)4)13(16)12(9-10)15(5,6)7;/h2*8-9,16H,1-7H3;. The minimum atomic E-state index is -0.0178. The van der Waals surface area contributed by atoms with Crippen LogP contribution in [-0.4, -0.2) is 10.2 Å². The molecule has 0 aliphatic rings. The molecule has 2 aromatic carbocycles. The Hall–Kier alpha value is -0.622. The van der Waals surface area contributed by atoms with E-state index in [0.717, 1.165) is 22.3 Å². The van der Waals surface area contributed by atoms with Gasteiger partial charge in [-0.1, -0.05) is 118 Å². The molecule has 0 heterocycles. The second-order valence-electron chi connectivity index (χ2n) is 13.4. The first-order chi connectivity index (χ1) is 14.1. The molecule has 0 aliphatic carbocycles. The molecular formula is C30H48O2Sm. The molecule has 186 valence electrons. The third-order valence-corrected chi connectivity index (χ3v) is 5.74. The first-order valence-corrected chi connectivity index (χ1v) is 11.8. The SMILES string of the molecule is Cc1cc(C(C)(C)C)c(O)c(C(C)(C)C)c1.Cc1cc(C(C)(C)C)c(O)c(C(C)(C)C)c1.[Sm]. The maximum atomic E-state index is 10.4. The first kappa shape index (κ1) is 32.4. The van der Waals surface area contributed by atoms with E-state index in [9.17, 15) is 10.2 Å². The number of hydrogen-bond acceptors (Lipinski definition) is 2. The van der Waals surface area contributed by atoms with Crippen molar-refractivity contribution in [3.8, 4) is 11.5 Å². The van der Waals surface area contributed by atoms with Gasteiger partial charge in [0.05, 0.1) is 0 Å². The Morgan fingerprint density at radius 2 is 0.576 bits per heavy atom. The Morgan fingerprint density at radius 1 is 0.424 bits per heavy atom. The predicted molar refractivity (Wildman–Crippen MR) is 140 cm³/mol. The van der Waals surface area contributed by atoms with Crippen molar-refractivity contribution in [3.63, 3.8) is 0 Å². The predicted octanol–water partition coefficient (Wildman–Crippen LogP) is 8.59. The van der Waals surface area contributed by atoms with Crippen LogP contribution in [0.2, 0.25) is 0 Å². The maximum absolute atomic E-state index is 10.4. The van der Waals surface area contributed by atoms with Crippen molar-refractivity contribution in [1.82, 2.24) is 0 Å². The monoisotopic (exact) mass is 592 g/mol. The molecule has 0 atom stereocenters. The summed E-state index contributed by atoms with van der Waals surface area (Å²) in [5, 5.41) is 20.8. The number of aryl methyl sites for hydroxylation is 2. The minimum absolute atomic E-state index is 0. The summed E-state index contributed by atoms with van der Waals surface area (Å²) >= 11 is 0. The van der Waals surface area contributed by atoms with Gasteiger partial charge in [0.1, 0.15) is 11.5 Å². The van der Waals surface area contributed by atoms with Gasteiger partial charge in [0.2, 0.25) is 0 Å². The van der Waals surface area contributed by atoms with E-state index in [2.05, 4.69) is 121 Å². The normalized spacial score (nSPS) is 12.5. The van der Waals surface area contributed by atoms with Crippen LogP contribution in [0.3, 0.4) is 0 Å². The fraction of sp³-hybridized carbons (Fsp3) is 0.600. The number of aromatic hydroxyl groups is 2. The Morgan fingerprint density at radius 3 is 0.697 bits per heavy atom. The van der Waals surface area contributed by atoms with Crippen LogP contribution in [0.25, 0.3) is 0 Å². The van der Waals surface area contributed by atoms with Gasteiger partial charge < -0.3 is 10.2 Å². The maximum Gasteiger partial charge on any atom is 0.123 e. The molecule has 0 aromatic heterocycles. The first-order valence-electron chi connectivity index (χ1n) is 11.8. The van der Waals surface area contributed by atoms with Crippen LogP contribution < -0.4 is 0 Å². The quantitative estimate of drug-likeness (QED) is 0.323. The Labute approximate surface area is 236 Å². The summed E-state index contributed by atoms with van der Waals surface area (Å²) in [6, 6.07) is 8.35. The van der Waals surface area contributed by atoms with Crippen LogP contribution in [0.5, 0.6) is 11.5 Å². The molecule has 0 bridgehead atoms. The Bertz CT molecular complexity index is 794. The molecule has 0 spiro atoms. The van der Waals surface area contributed by atoms with Crippen LogP contribution in [0.4, 0.5) is 0 Å². The number of rotatable bonds is 0. The van der Waals surface area contributed by atoms with Gasteiger partial charge in [-0.25, -0.2) is 0 Å². The minimum Gasteiger partial charge on any atom is -0.507 e.